The van der Waals surface area contributed by atoms with Crippen LogP contribution in [0.15, 0.2) is 24.3 Å². The van der Waals surface area contributed by atoms with Crippen molar-refractivity contribution >= 4 is 23.9 Å². The number of hydrogen-bond donors (Lipinski definition) is 0. The third kappa shape index (κ3) is 31.3. The Kier molecular flexibility index (Phi) is 15.9. The van der Waals surface area contributed by atoms with E-state index in [2.05, 4.69) is 0 Å². The molecule has 0 fully saturated rings. The number of carbonyl (C=O) groups excluding carboxylic acids is 4. The van der Waals surface area contributed by atoms with Crippen molar-refractivity contribution in [2.24, 2.45) is 0 Å². The summed E-state index contributed by atoms with van der Waals surface area (Å²) in [5, 5.41) is 37.7. The van der Waals surface area contributed by atoms with Gasteiger partial charge in [-0.1, -0.05) is 0 Å². The summed E-state index contributed by atoms with van der Waals surface area (Å²) in [6.07, 6.45) is 1.54. The van der Waals surface area contributed by atoms with Crippen molar-refractivity contribution in [2.45, 2.75) is 0 Å². The van der Waals surface area contributed by atoms with Gasteiger partial charge in [-0.05, 0) is 24.3 Å². The van der Waals surface area contributed by atoms with E-state index in [0.29, 0.717) is 24.3 Å². The first-order chi connectivity index (χ1) is 7.25. The molecule has 0 radical (unpaired) electrons. The van der Waals surface area contributed by atoms with Crippen LogP contribution in [0.25, 0.3) is 0 Å². The van der Waals surface area contributed by atoms with Gasteiger partial charge >= 0.3 is 41.7 Å². The maximum Gasteiger partial charge on any atom is 4.00 e. The number of carbonyl (C=O) groups is 4. The Balaban J connectivity index is -0.000000218. The van der Waals surface area contributed by atoms with Crippen LogP contribution in [-0.2, 0) is 19.2 Å². The van der Waals surface area contributed by atoms with E-state index >= 15 is 0 Å². The van der Waals surface area contributed by atoms with Gasteiger partial charge in [0.15, 0.2) is 0 Å². The fourth-order valence-electron chi connectivity index (χ4n) is 0.272. The molecule has 0 aliphatic rings. The SMILES string of the molecule is O=C([O-])/C=C/C(=O)[O-].O=C([O-])/C=C/C(=O)[O-].[Ce+4]. The van der Waals surface area contributed by atoms with Crippen molar-refractivity contribution in [3.05, 3.63) is 24.3 Å². The molecule has 0 bridgehead atoms. The Morgan fingerprint density at radius 1 is 0.529 bits per heavy atom. The molecule has 0 N–H and O–H groups in total. The summed E-state index contributed by atoms with van der Waals surface area (Å²) in [4.78, 5) is 37.7. The van der Waals surface area contributed by atoms with E-state index in [-0.39, 0.29) is 41.7 Å². The maximum atomic E-state index is 9.41. The second-order valence-corrected chi connectivity index (χ2v) is 1.94. The molecule has 17 heavy (non-hydrogen) atoms. The minimum absolute atomic E-state index is 0. The molecule has 88 valence electrons. The second-order valence-electron chi connectivity index (χ2n) is 1.94. The van der Waals surface area contributed by atoms with Crippen LogP contribution in [0, 0.1) is 41.7 Å². The predicted molar refractivity (Wildman–Crippen MR) is 38.3 cm³/mol. The molecule has 0 aliphatic heterocycles. The van der Waals surface area contributed by atoms with E-state index in [0.717, 1.165) is 0 Å². The molecule has 0 heterocycles. The van der Waals surface area contributed by atoms with Gasteiger partial charge < -0.3 is 39.6 Å². The topological polar surface area (TPSA) is 161 Å². The molecule has 0 spiro atoms. The van der Waals surface area contributed by atoms with E-state index in [1.54, 1.807) is 0 Å². The smallest absolute Gasteiger partial charge is 0.545 e. The molecule has 0 unspecified atom stereocenters. The first-order valence-electron chi connectivity index (χ1n) is 3.45. The van der Waals surface area contributed by atoms with Crippen molar-refractivity contribution in [1.82, 2.24) is 0 Å². The zero-order chi connectivity index (χ0) is 13.1. The molecule has 0 atom stereocenters. The van der Waals surface area contributed by atoms with Crippen LogP contribution in [0.4, 0.5) is 0 Å². The van der Waals surface area contributed by atoms with Gasteiger partial charge in [0.1, 0.15) is 0 Å². The van der Waals surface area contributed by atoms with Crippen LogP contribution >= 0.6 is 0 Å². The summed E-state index contributed by atoms with van der Waals surface area (Å²) >= 11 is 0. The van der Waals surface area contributed by atoms with Crippen molar-refractivity contribution in [3.63, 3.8) is 0 Å². The fourth-order valence-corrected chi connectivity index (χ4v) is 0.272. The quantitative estimate of drug-likeness (QED) is 0.443. The Morgan fingerprint density at radius 3 is 0.706 bits per heavy atom. The van der Waals surface area contributed by atoms with Crippen LogP contribution in [0.3, 0.4) is 0 Å². The number of carboxylic acid groups (broad SMARTS) is 4. The molecule has 0 aromatic heterocycles. The number of rotatable bonds is 4. The molecule has 0 aromatic rings. The Hall–Kier alpha value is -1.26. The summed E-state index contributed by atoms with van der Waals surface area (Å²) in [5.74, 6) is -6.19. The summed E-state index contributed by atoms with van der Waals surface area (Å²) in [6.45, 7) is 0. The maximum absolute atomic E-state index is 9.41. The second kappa shape index (κ2) is 12.8. The average molecular weight is 368 g/mol. The normalized spacial score (nSPS) is 8.94. The van der Waals surface area contributed by atoms with Gasteiger partial charge in [0.05, 0.1) is 23.9 Å². The summed E-state index contributed by atoms with van der Waals surface area (Å²) in [6, 6.07) is 0. The molecular formula is C8H4CeO8. The molecule has 0 aliphatic carbocycles. The van der Waals surface area contributed by atoms with Crippen molar-refractivity contribution in [2.75, 3.05) is 0 Å². The molecule has 0 rings (SSSR count). The Labute approximate surface area is 129 Å². The van der Waals surface area contributed by atoms with E-state index in [1.807, 2.05) is 0 Å². The van der Waals surface area contributed by atoms with Gasteiger partial charge in [0.25, 0.3) is 0 Å². The number of carboxylic acids is 4. The molecule has 9 heteroatoms. The van der Waals surface area contributed by atoms with Crippen LogP contribution < -0.4 is 20.4 Å². The van der Waals surface area contributed by atoms with Gasteiger partial charge in [0, 0.05) is 0 Å². The number of aliphatic carboxylic acids is 4. The van der Waals surface area contributed by atoms with Crippen molar-refractivity contribution < 1.29 is 81.4 Å². The minimum Gasteiger partial charge on any atom is -0.545 e. The van der Waals surface area contributed by atoms with Crippen LogP contribution in [0.2, 0.25) is 0 Å². The molecule has 0 amide bonds. The molecule has 0 aromatic carbocycles. The Bertz CT molecular complexity index is 277. The molecule has 0 saturated carbocycles. The van der Waals surface area contributed by atoms with Crippen molar-refractivity contribution in [3.8, 4) is 0 Å². The largest absolute Gasteiger partial charge is 4.00 e. The molecule has 8 nitrogen and oxygen atoms in total. The van der Waals surface area contributed by atoms with E-state index in [9.17, 15) is 39.6 Å². The van der Waals surface area contributed by atoms with Crippen LogP contribution in [-0.4, -0.2) is 23.9 Å². The molecule has 0 saturated heterocycles. The number of hydrogen-bond acceptors (Lipinski definition) is 8. The van der Waals surface area contributed by atoms with E-state index in [4.69, 9.17) is 0 Å². The minimum atomic E-state index is -1.55. The van der Waals surface area contributed by atoms with Crippen molar-refractivity contribution in [1.29, 1.82) is 0 Å². The van der Waals surface area contributed by atoms with E-state index in [1.165, 1.54) is 0 Å². The summed E-state index contributed by atoms with van der Waals surface area (Å²) in [5.41, 5.74) is 0. The third-order valence-corrected chi connectivity index (χ3v) is 0.711. The zero-order valence-electron chi connectivity index (χ0n) is 8.08. The third-order valence-electron chi connectivity index (χ3n) is 0.711. The van der Waals surface area contributed by atoms with E-state index < -0.39 is 23.9 Å². The first kappa shape index (κ1) is 21.1. The predicted octanol–water partition coefficient (Wildman–Crippen LogP) is -5.92. The molecular weight excluding hydrogens is 364 g/mol. The fraction of sp³-hybridized carbons (Fsp3) is 0. The summed E-state index contributed by atoms with van der Waals surface area (Å²) in [7, 11) is 0. The van der Waals surface area contributed by atoms with Gasteiger partial charge in [-0.15, -0.1) is 0 Å². The average Bonchev–Trinajstić information content (AvgIpc) is 2.12. The van der Waals surface area contributed by atoms with Crippen LogP contribution in [0.5, 0.6) is 0 Å². The standard InChI is InChI=1S/2C4H4O4.Ce/c2*5-3(6)1-2-4(7)8;/h2*1-2H,(H,5,6)(H,7,8);/q;;+4/p-4/b2*2-1+;. The van der Waals surface area contributed by atoms with Gasteiger partial charge in [-0.25, -0.2) is 0 Å². The summed E-state index contributed by atoms with van der Waals surface area (Å²) < 4.78 is 0. The monoisotopic (exact) mass is 368 g/mol. The van der Waals surface area contributed by atoms with Gasteiger partial charge in [-0.2, -0.15) is 0 Å². The van der Waals surface area contributed by atoms with Gasteiger partial charge in [-0.3, -0.25) is 0 Å². The zero-order valence-corrected chi connectivity index (χ0v) is 11.2. The van der Waals surface area contributed by atoms with Gasteiger partial charge in [0.2, 0.25) is 0 Å². The van der Waals surface area contributed by atoms with Crippen LogP contribution in [0.1, 0.15) is 0 Å². The first-order valence-corrected chi connectivity index (χ1v) is 3.45. The Morgan fingerprint density at radius 2 is 0.647 bits per heavy atom.